The molecule has 0 aliphatic heterocycles. The molecule has 0 saturated carbocycles. The maximum atomic E-state index is 11.8. The molecular weight excluding hydrogens is 258 g/mol. The Morgan fingerprint density at radius 3 is 2.65 bits per heavy atom. The Kier molecular flexibility index (Phi) is 5.66. The first-order chi connectivity index (χ1) is 9.30. The molecule has 2 amide bonds. The van der Waals surface area contributed by atoms with Gasteiger partial charge in [0.25, 0.3) is 0 Å². The molecule has 0 aromatic carbocycles. The van der Waals surface area contributed by atoms with E-state index in [-0.39, 0.29) is 11.8 Å². The smallest absolute Gasteiger partial charge is 0.242 e. The highest BCUT2D eigenvalue weighted by Crippen LogP contribution is 2.12. The first-order valence-electron chi connectivity index (χ1n) is 6.73. The number of carbonyl (C=O) groups is 2. The lowest BCUT2D eigenvalue weighted by Gasteiger charge is -2.21. The second-order valence-corrected chi connectivity index (χ2v) is 5.77. The van der Waals surface area contributed by atoms with Crippen LogP contribution in [0.1, 0.15) is 39.9 Å². The molecular formula is C13H23N5O2. The quantitative estimate of drug-likeness (QED) is 0.657. The van der Waals surface area contributed by atoms with Crippen LogP contribution in [0.4, 0.5) is 0 Å². The Morgan fingerprint density at radius 1 is 1.40 bits per heavy atom. The van der Waals surface area contributed by atoms with E-state index in [9.17, 15) is 9.59 Å². The minimum absolute atomic E-state index is 0.137. The van der Waals surface area contributed by atoms with E-state index in [4.69, 9.17) is 0 Å². The maximum Gasteiger partial charge on any atom is 0.242 e. The van der Waals surface area contributed by atoms with Gasteiger partial charge in [-0.25, -0.2) is 4.98 Å². The molecule has 3 N–H and O–H groups in total. The molecule has 1 aromatic heterocycles. The lowest BCUT2D eigenvalue weighted by atomic mass is 9.95. The average Bonchev–Trinajstić information content (AvgIpc) is 2.86. The number of rotatable bonds is 6. The van der Waals surface area contributed by atoms with Gasteiger partial charge in [0.05, 0.1) is 0 Å². The van der Waals surface area contributed by atoms with E-state index in [0.29, 0.717) is 6.54 Å². The summed E-state index contributed by atoms with van der Waals surface area (Å²) in [6.07, 6.45) is 2.95. The van der Waals surface area contributed by atoms with Crippen molar-refractivity contribution in [2.75, 3.05) is 6.54 Å². The Bertz CT molecular complexity index is 436. The monoisotopic (exact) mass is 281 g/mol. The van der Waals surface area contributed by atoms with Crippen LogP contribution < -0.4 is 10.6 Å². The Labute approximate surface area is 118 Å². The molecule has 0 fully saturated rings. The SMILES string of the molecule is CC(NC(=O)C(C)(C)C)C(=O)NCCCc1ncn[nH]1. The highest BCUT2D eigenvalue weighted by molar-refractivity contribution is 5.89. The van der Waals surface area contributed by atoms with Gasteiger partial charge in [-0.15, -0.1) is 0 Å². The molecule has 0 spiro atoms. The van der Waals surface area contributed by atoms with Gasteiger partial charge in [0.1, 0.15) is 18.2 Å². The summed E-state index contributed by atoms with van der Waals surface area (Å²) in [6.45, 7) is 7.64. The maximum absolute atomic E-state index is 11.8. The number of carbonyl (C=O) groups excluding carboxylic acids is 2. The van der Waals surface area contributed by atoms with Crippen LogP contribution in [0, 0.1) is 5.41 Å². The summed E-state index contributed by atoms with van der Waals surface area (Å²) in [5.41, 5.74) is -0.499. The van der Waals surface area contributed by atoms with Crippen LogP contribution in [0.5, 0.6) is 0 Å². The van der Waals surface area contributed by atoms with Gasteiger partial charge in [0, 0.05) is 18.4 Å². The zero-order valence-electron chi connectivity index (χ0n) is 12.5. The van der Waals surface area contributed by atoms with E-state index in [2.05, 4.69) is 25.8 Å². The third kappa shape index (κ3) is 5.38. The minimum Gasteiger partial charge on any atom is -0.354 e. The molecule has 0 radical (unpaired) electrons. The molecule has 7 heteroatoms. The number of nitrogens with one attached hydrogen (secondary N) is 3. The third-order valence-electron chi connectivity index (χ3n) is 2.78. The van der Waals surface area contributed by atoms with Crippen molar-refractivity contribution >= 4 is 11.8 Å². The van der Waals surface area contributed by atoms with Crippen LogP contribution in [-0.2, 0) is 16.0 Å². The summed E-state index contributed by atoms with van der Waals surface area (Å²) >= 11 is 0. The van der Waals surface area contributed by atoms with Crippen molar-refractivity contribution in [2.24, 2.45) is 5.41 Å². The van der Waals surface area contributed by atoms with Crippen LogP contribution in [0.2, 0.25) is 0 Å². The first-order valence-corrected chi connectivity index (χ1v) is 6.73. The predicted molar refractivity (Wildman–Crippen MR) is 74.8 cm³/mol. The number of nitrogens with zero attached hydrogens (tertiary/aromatic N) is 2. The number of aromatic amines is 1. The summed E-state index contributed by atoms with van der Waals surface area (Å²) in [5, 5.41) is 12.0. The van der Waals surface area contributed by atoms with Gasteiger partial charge in [-0.05, 0) is 13.3 Å². The fourth-order valence-electron chi connectivity index (χ4n) is 1.45. The van der Waals surface area contributed by atoms with Gasteiger partial charge in [-0.1, -0.05) is 20.8 Å². The third-order valence-corrected chi connectivity index (χ3v) is 2.78. The van der Waals surface area contributed by atoms with Crippen molar-refractivity contribution in [1.29, 1.82) is 0 Å². The summed E-state index contributed by atoms with van der Waals surface area (Å²) in [6, 6.07) is -0.535. The molecule has 112 valence electrons. The highest BCUT2D eigenvalue weighted by atomic mass is 16.2. The molecule has 1 rings (SSSR count). The van der Waals surface area contributed by atoms with Crippen molar-refractivity contribution < 1.29 is 9.59 Å². The molecule has 0 saturated heterocycles. The van der Waals surface area contributed by atoms with Crippen LogP contribution >= 0.6 is 0 Å². The molecule has 20 heavy (non-hydrogen) atoms. The van der Waals surface area contributed by atoms with E-state index in [1.807, 2.05) is 20.8 Å². The van der Waals surface area contributed by atoms with Crippen LogP contribution in [0.25, 0.3) is 0 Å². The van der Waals surface area contributed by atoms with Gasteiger partial charge in [0.2, 0.25) is 11.8 Å². The van der Waals surface area contributed by atoms with Gasteiger partial charge in [0.15, 0.2) is 0 Å². The Morgan fingerprint density at radius 2 is 2.10 bits per heavy atom. The van der Waals surface area contributed by atoms with E-state index in [1.54, 1.807) is 6.92 Å². The number of amides is 2. The zero-order chi connectivity index (χ0) is 15.2. The number of hydrogen-bond acceptors (Lipinski definition) is 4. The molecule has 1 heterocycles. The first kappa shape index (κ1) is 16.1. The normalized spacial score (nSPS) is 12.8. The fraction of sp³-hybridized carbons (Fsp3) is 0.692. The number of hydrogen-bond donors (Lipinski definition) is 3. The molecule has 0 aliphatic rings. The number of aryl methyl sites for hydroxylation is 1. The van der Waals surface area contributed by atoms with Gasteiger partial charge in [-0.3, -0.25) is 14.7 Å². The van der Waals surface area contributed by atoms with E-state index in [0.717, 1.165) is 18.7 Å². The second-order valence-electron chi connectivity index (χ2n) is 5.77. The van der Waals surface area contributed by atoms with Crippen LogP contribution in [0.3, 0.4) is 0 Å². The lowest BCUT2D eigenvalue weighted by molar-refractivity contribution is -0.133. The van der Waals surface area contributed by atoms with Gasteiger partial charge >= 0.3 is 0 Å². The summed E-state index contributed by atoms with van der Waals surface area (Å²) in [7, 11) is 0. The zero-order valence-corrected chi connectivity index (χ0v) is 12.5. The van der Waals surface area contributed by atoms with Crippen molar-refractivity contribution in [3.05, 3.63) is 12.2 Å². The van der Waals surface area contributed by atoms with E-state index < -0.39 is 11.5 Å². The minimum atomic E-state index is -0.535. The van der Waals surface area contributed by atoms with Crippen molar-refractivity contribution in [1.82, 2.24) is 25.8 Å². The van der Waals surface area contributed by atoms with Crippen molar-refractivity contribution in [2.45, 2.75) is 46.6 Å². The second kappa shape index (κ2) is 7.02. The van der Waals surface area contributed by atoms with Crippen LogP contribution in [-0.4, -0.2) is 39.6 Å². The Balaban J connectivity index is 2.23. The van der Waals surface area contributed by atoms with Gasteiger partial charge in [-0.2, -0.15) is 5.10 Å². The number of aromatic nitrogens is 3. The average molecular weight is 281 g/mol. The van der Waals surface area contributed by atoms with Crippen molar-refractivity contribution in [3.63, 3.8) is 0 Å². The summed E-state index contributed by atoms with van der Waals surface area (Å²) < 4.78 is 0. The van der Waals surface area contributed by atoms with Crippen LogP contribution in [0.15, 0.2) is 6.33 Å². The fourth-order valence-corrected chi connectivity index (χ4v) is 1.45. The van der Waals surface area contributed by atoms with E-state index >= 15 is 0 Å². The molecule has 1 atom stereocenters. The topological polar surface area (TPSA) is 99.8 Å². The lowest BCUT2D eigenvalue weighted by Crippen LogP contribution is -2.48. The molecule has 0 aliphatic carbocycles. The highest BCUT2D eigenvalue weighted by Gasteiger charge is 2.24. The largest absolute Gasteiger partial charge is 0.354 e. The Hall–Kier alpha value is -1.92. The standard InChI is InChI=1S/C13H23N5O2/c1-9(17-12(20)13(2,3)4)11(19)14-7-5-6-10-15-8-16-18-10/h8-9H,5-7H2,1-4H3,(H,14,19)(H,17,20)(H,15,16,18). The van der Waals surface area contributed by atoms with E-state index in [1.165, 1.54) is 6.33 Å². The molecule has 0 bridgehead atoms. The molecule has 1 unspecified atom stereocenters. The summed E-state index contributed by atoms with van der Waals surface area (Å²) in [4.78, 5) is 27.6. The van der Waals surface area contributed by atoms with Crippen molar-refractivity contribution in [3.8, 4) is 0 Å². The predicted octanol–water partition coefficient (Wildman–Crippen LogP) is 0.404. The molecule has 7 nitrogen and oxygen atoms in total. The number of H-pyrrole nitrogens is 1. The molecule has 1 aromatic rings. The van der Waals surface area contributed by atoms with Gasteiger partial charge < -0.3 is 10.6 Å². The summed E-state index contributed by atoms with van der Waals surface area (Å²) in [5.74, 6) is 0.482.